The van der Waals surface area contributed by atoms with Gasteiger partial charge in [-0.25, -0.2) is 4.79 Å². The number of piperidine rings is 1. The number of nitrogens with zero attached hydrogens (tertiary/aromatic N) is 1. The quantitative estimate of drug-likeness (QED) is 0.483. The summed E-state index contributed by atoms with van der Waals surface area (Å²) < 4.78 is 4.78. The Morgan fingerprint density at radius 2 is 1.58 bits per heavy atom. The number of carbonyl (C=O) groups is 1. The first-order valence-electron chi connectivity index (χ1n) is 12.2. The van der Waals surface area contributed by atoms with Gasteiger partial charge < -0.3 is 4.74 Å². The standard InChI is InChI=1S/C28H35NO2/c1-31-28(30)25-5-3-21(4-6-25)19-29-16-14-20(15-17-29)2-7-26-18-27(26)24-12-10-23(11-13-24)22-8-9-22/h3-6,10-13,20,22,26-27H,2,7-9,14-19H2,1H3/t26-,27+/m0/s1. The van der Waals surface area contributed by atoms with Crippen LogP contribution in [0.4, 0.5) is 0 Å². The van der Waals surface area contributed by atoms with Gasteiger partial charge in [0.05, 0.1) is 12.7 Å². The number of hydrogen-bond donors (Lipinski definition) is 0. The van der Waals surface area contributed by atoms with Crippen molar-refractivity contribution in [1.82, 2.24) is 4.90 Å². The zero-order chi connectivity index (χ0) is 21.2. The smallest absolute Gasteiger partial charge is 0.337 e. The number of ether oxygens (including phenoxy) is 1. The van der Waals surface area contributed by atoms with Gasteiger partial charge in [0.1, 0.15) is 0 Å². The van der Waals surface area contributed by atoms with Gasteiger partial charge in [-0.05, 0) is 104 Å². The van der Waals surface area contributed by atoms with Crippen molar-refractivity contribution in [2.24, 2.45) is 11.8 Å². The highest BCUT2D eigenvalue weighted by molar-refractivity contribution is 5.89. The molecule has 0 N–H and O–H groups in total. The molecule has 5 rings (SSSR count). The Kier molecular flexibility index (Phi) is 6.13. The lowest BCUT2D eigenvalue weighted by Gasteiger charge is -2.32. The molecule has 2 aromatic rings. The van der Waals surface area contributed by atoms with Gasteiger partial charge in [0.15, 0.2) is 0 Å². The fourth-order valence-electron chi connectivity index (χ4n) is 5.41. The monoisotopic (exact) mass is 417 g/mol. The number of methoxy groups -OCH3 is 1. The van der Waals surface area contributed by atoms with E-state index < -0.39 is 0 Å². The summed E-state index contributed by atoms with van der Waals surface area (Å²) in [5.74, 6) is 3.27. The van der Waals surface area contributed by atoms with Crippen LogP contribution in [0.1, 0.15) is 83.8 Å². The van der Waals surface area contributed by atoms with Gasteiger partial charge >= 0.3 is 5.97 Å². The maximum atomic E-state index is 11.6. The van der Waals surface area contributed by atoms with Crippen LogP contribution in [0.25, 0.3) is 0 Å². The third-order valence-corrected chi connectivity index (χ3v) is 7.77. The SMILES string of the molecule is COC(=O)c1ccc(CN2CCC(CC[C@H]3C[C@@H]3c3ccc(C4CC4)cc3)CC2)cc1. The molecule has 2 atom stereocenters. The molecule has 3 nitrogen and oxygen atoms in total. The Labute approximate surface area is 186 Å². The van der Waals surface area contributed by atoms with Crippen LogP contribution in [0.3, 0.4) is 0 Å². The van der Waals surface area contributed by atoms with E-state index in [2.05, 4.69) is 41.3 Å². The fourth-order valence-corrected chi connectivity index (χ4v) is 5.41. The van der Waals surface area contributed by atoms with Crippen LogP contribution >= 0.6 is 0 Å². The van der Waals surface area contributed by atoms with Crippen LogP contribution in [0.2, 0.25) is 0 Å². The van der Waals surface area contributed by atoms with E-state index in [4.69, 9.17) is 4.74 Å². The Morgan fingerprint density at radius 3 is 2.23 bits per heavy atom. The van der Waals surface area contributed by atoms with Crippen molar-refractivity contribution in [3.8, 4) is 0 Å². The minimum atomic E-state index is -0.263. The molecule has 3 fully saturated rings. The first-order valence-corrected chi connectivity index (χ1v) is 12.2. The van der Waals surface area contributed by atoms with E-state index in [1.165, 1.54) is 70.7 Å². The van der Waals surface area contributed by atoms with Gasteiger partial charge in [0.2, 0.25) is 0 Å². The van der Waals surface area contributed by atoms with Crippen LogP contribution in [0, 0.1) is 11.8 Å². The van der Waals surface area contributed by atoms with Crippen molar-refractivity contribution in [2.45, 2.75) is 63.3 Å². The third-order valence-electron chi connectivity index (χ3n) is 7.77. The second kappa shape index (κ2) is 9.16. The molecule has 2 aromatic carbocycles. The van der Waals surface area contributed by atoms with Gasteiger partial charge in [0.25, 0.3) is 0 Å². The van der Waals surface area contributed by atoms with Gasteiger partial charge in [-0.3, -0.25) is 4.90 Å². The predicted molar refractivity (Wildman–Crippen MR) is 124 cm³/mol. The highest BCUT2D eigenvalue weighted by Gasteiger charge is 2.38. The molecule has 0 bridgehead atoms. The Balaban J connectivity index is 1.02. The zero-order valence-corrected chi connectivity index (χ0v) is 18.8. The van der Waals surface area contributed by atoms with E-state index in [0.717, 1.165) is 30.2 Å². The predicted octanol–water partition coefficient (Wildman–Crippen LogP) is 6.15. The van der Waals surface area contributed by atoms with Crippen LogP contribution in [0.5, 0.6) is 0 Å². The average Bonchev–Trinajstić information content (AvgIpc) is 3.73. The van der Waals surface area contributed by atoms with Gasteiger partial charge in [-0.1, -0.05) is 42.8 Å². The lowest BCUT2D eigenvalue weighted by molar-refractivity contribution is 0.0600. The second-order valence-corrected chi connectivity index (χ2v) is 10.0. The van der Waals surface area contributed by atoms with E-state index >= 15 is 0 Å². The maximum Gasteiger partial charge on any atom is 0.337 e. The summed E-state index contributed by atoms with van der Waals surface area (Å²) in [5, 5.41) is 0. The fraction of sp³-hybridized carbons (Fsp3) is 0.536. The number of hydrogen-bond acceptors (Lipinski definition) is 3. The first kappa shape index (κ1) is 20.8. The molecule has 2 saturated carbocycles. The summed E-state index contributed by atoms with van der Waals surface area (Å²) in [6.45, 7) is 3.37. The number of benzene rings is 2. The van der Waals surface area contributed by atoms with Crippen molar-refractivity contribution in [1.29, 1.82) is 0 Å². The minimum absolute atomic E-state index is 0.263. The van der Waals surface area contributed by atoms with E-state index in [-0.39, 0.29) is 5.97 Å². The van der Waals surface area contributed by atoms with E-state index in [1.807, 2.05) is 12.1 Å². The lowest BCUT2D eigenvalue weighted by atomic mass is 9.90. The zero-order valence-electron chi connectivity index (χ0n) is 18.8. The van der Waals surface area contributed by atoms with Gasteiger partial charge in [-0.15, -0.1) is 0 Å². The molecule has 0 radical (unpaired) electrons. The molecule has 0 unspecified atom stereocenters. The first-order chi connectivity index (χ1) is 15.2. The number of carbonyl (C=O) groups excluding carboxylic acids is 1. The molecule has 0 spiro atoms. The van der Waals surface area contributed by atoms with E-state index in [9.17, 15) is 4.79 Å². The summed E-state index contributed by atoms with van der Waals surface area (Å²) in [7, 11) is 1.43. The molecule has 2 aliphatic carbocycles. The number of rotatable bonds is 8. The summed E-state index contributed by atoms with van der Waals surface area (Å²) in [4.78, 5) is 14.1. The van der Waals surface area contributed by atoms with Crippen molar-refractivity contribution < 1.29 is 9.53 Å². The van der Waals surface area contributed by atoms with Crippen LogP contribution in [-0.4, -0.2) is 31.1 Å². The van der Waals surface area contributed by atoms with Crippen molar-refractivity contribution in [2.75, 3.05) is 20.2 Å². The van der Waals surface area contributed by atoms with Crippen LogP contribution in [-0.2, 0) is 11.3 Å². The van der Waals surface area contributed by atoms with E-state index in [0.29, 0.717) is 5.56 Å². The summed E-state index contributed by atoms with van der Waals surface area (Å²) in [5.41, 5.74) is 5.05. The highest BCUT2D eigenvalue weighted by Crippen LogP contribution is 2.51. The molecule has 1 aliphatic heterocycles. The molecule has 1 saturated heterocycles. The molecule has 0 aromatic heterocycles. The molecule has 3 aliphatic rings. The minimum Gasteiger partial charge on any atom is -0.465 e. The summed E-state index contributed by atoms with van der Waals surface area (Å²) >= 11 is 0. The van der Waals surface area contributed by atoms with Crippen molar-refractivity contribution >= 4 is 5.97 Å². The number of esters is 1. The maximum absolute atomic E-state index is 11.6. The molecule has 31 heavy (non-hydrogen) atoms. The largest absolute Gasteiger partial charge is 0.465 e. The summed E-state index contributed by atoms with van der Waals surface area (Å²) in [6.07, 6.45) is 9.67. The average molecular weight is 418 g/mol. The summed E-state index contributed by atoms with van der Waals surface area (Å²) in [6, 6.07) is 17.5. The van der Waals surface area contributed by atoms with Gasteiger partial charge in [0, 0.05) is 6.54 Å². The third kappa shape index (κ3) is 5.20. The lowest BCUT2D eigenvalue weighted by Crippen LogP contribution is -2.33. The molecule has 164 valence electrons. The molecule has 1 heterocycles. The van der Waals surface area contributed by atoms with Crippen LogP contribution < -0.4 is 0 Å². The molecule has 3 heteroatoms. The topological polar surface area (TPSA) is 29.5 Å². The van der Waals surface area contributed by atoms with E-state index in [1.54, 1.807) is 11.1 Å². The Morgan fingerprint density at radius 1 is 0.903 bits per heavy atom. The Bertz CT molecular complexity index is 876. The molecular formula is C28H35NO2. The number of likely N-dealkylation sites (tertiary alicyclic amines) is 1. The molecular weight excluding hydrogens is 382 g/mol. The molecule has 0 amide bonds. The highest BCUT2D eigenvalue weighted by atomic mass is 16.5. The van der Waals surface area contributed by atoms with Crippen LogP contribution in [0.15, 0.2) is 48.5 Å². The Hall–Kier alpha value is -2.13. The van der Waals surface area contributed by atoms with Gasteiger partial charge in [-0.2, -0.15) is 0 Å². The van der Waals surface area contributed by atoms with Crippen molar-refractivity contribution in [3.05, 3.63) is 70.8 Å². The normalized spacial score (nSPS) is 24.2. The van der Waals surface area contributed by atoms with Crippen molar-refractivity contribution in [3.63, 3.8) is 0 Å². The second-order valence-electron chi connectivity index (χ2n) is 10.0.